The van der Waals surface area contributed by atoms with Crippen molar-refractivity contribution in [3.63, 3.8) is 0 Å². The van der Waals surface area contributed by atoms with E-state index in [0.717, 1.165) is 89.8 Å². The molecule has 29 heavy (non-hydrogen) atoms. The summed E-state index contributed by atoms with van der Waals surface area (Å²) in [5.74, 6) is 3.14. The Bertz CT molecular complexity index is 604. The third kappa shape index (κ3) is 8.37. The molecule has 0 aliphatic carbocycles. The van der Waals surface area contributed by atoms with E-state index in [-0.39, 0.29) is 24.0 Å². The van der Waals surface area contributed by atoms with E-state index in [9.17, 15) is 0 Å². The number of aromatic nitrogens is 3. The fraction of sp³-hybridized carbons (Fsp3) is 0.850. The van der Waals surface area contributed by atoms with Crippen LogP contribution in [0.1, 0.15) is 56.6 Å². The number of nitrogens with zero attached hydrogens (tertiary/aromatic N) is 4. The quantitative estimate of drug-likeness (QED) is 0.213. The summed E-state index contributed by atoms with van der Waals surface area (Å²) < 4.78 is 13.6. The molecule has 2 N–H and O–H groups in total. The summed E-state index contributed by atoms with van der Waals surface area (Å²) in [6.07, 6.45) is 10.4. The van der Waals surface area contributed by atoms with Gasteiger partial charge in [0.15, 0.2) is 5.96 Å². The van der Waals surface area contributed by atoms with E-state index in [1.165, 1.54) is 25.1 Å². The van der Waals surface area contributed by atoms with Gasteiger partial charge in [0, 0.05) is 52.7 Å². The molecule has 1 saturated heterocycles. The summed E-state index contributed by atoms with van der Waals surface area (Å²) in [5, 5.41) is 15.5. The molecule has 1 aromatic rings. The van der Waals surface area contributed by atoms with Crippen LogP contribution in [0, 0.1) is 0 Å². The number of aryl methyl sites for hydroxylation is 2. The molecule has 9 heteroatoms. The highest BCUT2D eigenvalue weighted by molar-refractivity contribution is 14.0. The first-order valence-corrected chi connectivity index (χ1v) is 10.9. The summed E-state index contributed by atoms with van der Waals surface area (Å²) >= 11 is 0. The second-order valence-corrected chi connectivity index (χ2v) is 7.59. The highest BCUT2D eigenvalue weighted by atomic mass is 127. The third-order valence-electron chi connectivity index (χ3n) is 5.36. The lowest BCUT2D eigenvalue weighted by molar-refractivity contribution is 0.0168. The molecule has 3 heterocycles. The Morgan fingerprint density at radius 3 is 2.83 bits per heavy atom. The Labute approximate surface area is 191 Å². The van der Waals surface area contributed by atoms with Gasteiger partial charge in [-0.2, -0.15) is 0 Å². The van der Waals surface area contributed by atoms with Crippen LogP contribution in [-0.2, 0) is 28.9 Å². The van der Waals surface area contributed by atoms with Crippen LogP contribution in [0.5, 0.6) is 0 Å². The van der Waals surface area contributed by atoms with Crippen LogP contribution in [0.15, 0.2) is 4.99 Å². The number of guanidine groups is 1. The van der Waals surface area contributed by atoms with Crippen molar-refractivity contribution in [2.24, 2.45) is 4.99 Å². The first kappa shape index (κ1) is 24.3. The highest BCUT2D eigenvalue weighted by Crippen LogP contribution is 2.15. The Hall–Kier alpha value is -0.940. The zero-order valence-corrected chi connectivity index (χ0v) is 20.0. The first-order chi connectivity index (χ1) is 13.9. The zero-order valence-electron chi connectivity index (χ0n) is 17.7. The molecule has 0 saturated carbocycles. The van der Waals surface area contributed by atoms with Gasteiger partial charge in [0.2, 0.25) is 0 Å². The van der Waals surface area contributed by atoms with Crippen molar-refractivity contribution in [2.75, 3.05) is 40.0 Å². The molecule has 2 aliphatic rings. The average Bonchev–Trinajstić information content (AvgIpc) is 3.30. The van der Waals surface area contributed by atoms with Gasteiger partial charge in [-0.05, 0) is 38.5 Å². The van der Waals surface area contributed by atoms with Gasteiger partial charge in [-0.3, -0.25) is 4.99 Å². The summed E-state index contributed by atoms with van der Waals surface area (Å²) in [7, 11) is 1.81. The summed E-state index contributed by atoms with van der Waals surface area (Å²) in [6.45, 7) is 5.15. The molecular formula is C20H37IN6O2. The zero-order chi connectivity index (χ0) is 19.4. The molecule has 2 aliphatic heterocycles. The van der Waals surface area contributed by atoms with Crippen molar-refractivity contribution in [3.8, 4) is 0 Å². The lowest BCUT2D eigenvalue weighted by atomic mass is 10.2. The Balaban J connectivity index is 0.00000300. The van der Waals surface area contributed by atoms with E-state index in [1.807, 2.05) is 7.05 Å². The van der Waals surface area contributed by atoms with E-state index >= 15 is 0 Å². The van der Waals surface area contributed by atoms with Crippen LogP contribution in [-0.4, -0.2) is 66.8 Å². The summed E-state index contributed by atoms with van der Waals surface area (Å²) in [5.41, 5.74) is 0. The largest absolute Gasteiger partial charge is 0.379 e. The number of hydrogen-bond acceptors (Lipinski definition) is 5. The highest BCUT2D eigenvalue weighted by Gasteiger charge is 2.15. The van der Waals surface area contributed by atoms with Gasteiger partial charge in [-0.1, -0.05) is 6.42 Å². The molecule has 0 amide bonds. The van der Waals surface area contributed by atoms with E-state index in [1.54, 1.807) is 0 Å². The van der Waals surface area contributed by atoms with Crippen molar-refractivity contribution >= 4 is 29.9 Å². The predicted octanol–water partition coefficient (Wildman–Crippen LogP) is 2.31. The van der Waals surface area contributed by atoms with Crippen LogP contribution in [0.3, 0.4) is 0 Å². The number of rotatable bonds is 10. The molecule has 8 nitrogen and oxygen atoms in total. The molecule has 0 spiro atoms. The normalized spacial score (nSPS) is 19.3. The molecule has 0 radical (unpaired) electrons. The van der Waals surface area contributed by atoms with E-state index in [2.05, 4.69) is 30.4 Å². The maximum absolute atomic E-state index is 5.69. The van der Waals surface area contributed by atoms with Crippen LogP contribution in [0.4, 0.5) is 0 Å². The van der Waals surface area contributed by atoms with Gasteiger partial charge in [-0.25, -0.2) is 0 Å². The van der Waals surface area contributed by atoms with Crippen LogP contribution in [0.25, 0.3) is 0 Å². The van der Waals surface area contributed by atoms with Gasteiger partial charge in [0.25, 0.3) is 0 Å². The minimum absolute atomic E-state index is 0. The fourth-order valence-electron chi connectivity index (χ4n) is 3.78. The standard InChI is InChI=1S/C20H36N6O2.HI/c1-21-20(23-12-7-14-27-16-17-8-6-15-28-17)22-11-5-10-19-25-24-18-9-3-2-4-13-26(18)19;/h17H,2-16H2,1H3,(H2,21,22,23);1H. The average molecular weight is 520 g/mol. The number of hydrogen-bond donors (Lipinski definition) is 2. The minimum atomic E-state index is 0. The minimum Gasteiger partial charge on any atom is -0.379 e. The van der Waals surface area contributed by atoms with E-state index < -0.39 is 0 Å². The van der Waals surface area contributed by atoms with Gasteiger partial charge in [0.1, 0.15) is 11.6 Å². The first-order valence-electron chi connectivity index (χ1n) is 10.9. The molecule has 1 unspecified atom stereocenters. The van der Waals surface area contributed by atoms with Crippen molar-refractivity contribution in [3.05, 3.63) is 11.6 Å². The van der Waals surface area contributed by atoms with Crippen molar-refractivity contribution < 1.29 is 9.47 Å². The second kappa shape index (κ2) is 14.1. The Morgan fingerprint density at radius 2 is 2.03 bits per heavy atom. The number of aliphatic imine (C=N–C) groups is 1. The van der Waals surface area contributed by atoms with Crippen molar-refractivity contribution in [1.29, 1.82) is 0 Å². The molecule has 3 rings (SSSR count). The maximum Gasteiger partial charge on any atom is 0.190 e. The number of ether oxygens (including phenoxy) is 2. The lowest BCUT2D eigenvalue weighted by Crippen LogP contribution is -2.38. The molecule has 0 aromatic carbocycles. The predicted molar refractivity (Wildman–Crippen MR) is 125 cm³/mol. The van der Waals surface area contributed by atoms with Crippen molar-refractivity contribution in [2.45, 2.75) is 70.4 Å². The fourth-order valence-corrected chi connectivity index (χ4v) is 3.78. The van der Waals surface area contributed by atoms with E-state index in [0.29, 0.717) is 6.10 Å². The summed E-state index contributed by atoms with van der Waals surface area (Å²) in [4.78, 5) is 4.29. The molecular weight excluding hydrogens is 483 g/mol. The topological polar surface area (TPSA) is 85.6 Å². The van der Waals surface area contributed by atoms with Gasteiger partial charge in [0.05, 0.1) is 12.7 Å². The van der Waals surface area contributed by atoms with Gasteiger partial charge >= 0.3 is 0 Å². The number of fused-ring (bicyclic) bond motifs is 1. The number of nitrogens with one attached hydrogen (secondary N) is 2. The SMILES string of the molecule is CN=C(NCCCOCC1CCCO1)NCCCc1nnc2n1CCCCC2.I. The monoisotopic (exact) mass is 520 g/mol. The molecule has 0 bridgehead atoms. The van der Waals surface area contributed by atoms with Crippen LogP contribution in [0.2, 0.25) is 0 Å². The smallest absolute Gasteiger partial charge is 0.190 e. The molecule has 1 atom stereocenters. The van der Waals surface area contributed by atoms with Gasteiger partial charge < -0.3 is 24.7 Å². The Kier molecular flexibility index (Phi) is 11.9. The van der Waals surface area contributed by atoms with Gasteiger partial charge in [-0.15, -0.1) is 34.2 Å². The second-order valence-electron chi connectivity index (χ2n) is 7.59. The molecule has 166 valence electrons. The Morgan fingerprint density at radius 1 is 1.17 bits per heavy atom. The lowest BCUT2D eigenvalue weighted by Gasteiger charge is -2.13. The van der Waals surface area contributed by atoms with E-state index in [4.69, 9.17) is 9.47 Å². The molecule has 1 fully saturated rings. The van der Waals surface area contributed by atoms with Crippen LogP contribution >= 0.6 is 24.0 Å². The van der Waals surface area contributed by atoms with Crippen molar-refractivity contribution in [1.82, 2.24) is 25.4 Å². The number of halogens is 1. The van der Waals surface area contributed by atoms with Crippen LogP contribution < -0.4 is 10.6 Å². The summed E-state index contributed by atoms with van der Waals surface area (Å²) in [6, 6.07) is 0. The molecule has 1 aromatic heterocycles. The maximum atomic E-state index is 5.69. The third-order valence-corrected chi connectivity index (χ3v) is 5.36.